The summed E-state index contributed by atoms with van der Waals surface area (Å²) >= 11 is 13.5. The molecule has 10 heteroatoms. The lowest BCUT2D eigenvalue weighted by atomic mass is 10.00. The van der Waals surface area contributed by atoms with Gasteiger partial charge in [-0.3, -0.25) is 14.5 Å². The van der Waals surface area contributed by atoms with Crippen LogP contribution in [0, 0.1) is 0 Å². The molecular formula is C29H28Br2ClN5O2. The molecule has 2 amide bonds. The van der Waals surface area contributed by atoms with Gasteiger partial charge in [-0.15, -0.1) is 0 Å². The average Bonchev–Trinajstić information content (AvgIpc) is 3.23. The molecule has 1 saturated heterocycles. The van der Waals surface area contributed by atoms with E-state index in [0.29, 0.717) is 28.5 Å². The van der Waals surface area contributed by atoms with Gasteiger partial charge in [0.15, 0.2) is 0 Å². The number of likely N-dealkylation sites (N-methyl/N-ethyl adjacent to an activating group) is 2. The number of fused-ring (bicyclic) bond motifs is 1. The molecule has 0 unspecified atom stereocenters. The highest BCUT2D eigenvalue weighted by molar-refractivity contribution is 9.11. The van der Waals surface area contributed by atoms with Crippen molar-refractivity contribution in [1.29, 1.82) is 0 Å². The van der Waals surface area contributed by atoms with E-state index in [1.54, 1.807) is 24.1 Å². The highest BCUT2D eigenvalue weighted by Crippen LogP contribution is 2.41. The van der Waals surface area contributed by atoms with E-state index in [1.165, 1.54) is 0 Å². The van der Waals surface area contributed by atoms with Gasteiger partial charge in [0.2, 0.25) is 5.91 Å². The highest BCUT2D eigenvalue weighted by atomic mass is 79.9. The van der Waals surface area contributed by atoms with Crippen molar-refractivity contribution in [3.63, 3.8) is 0 Å². The average molecular weight is 674 g/mol. The van der Waals surface area contributed by atoms with Gasteiger partial charge in [-0.25, -0.2) is 0 Å². The number of hydrogen-bond acceptors (Lipinski definition) is 5. The summed E-state index contributed by atoms with van der Waals surface area (Å²) in [5, 5.41) is 6.96. The van der Waals surface area contributed by atoms with Gasteiger partial charge in [-0.2, -0.15) is 0 Å². The van der Waals surface area contributed by atoms with E-state index in [-0.39, 0.29) is 11.8 Å². The van der Waals surface area contributed by atoms with E-state index in [2.05, 4.69) is 59.3 Å². The lowest BCUT2D eigenvalue weighted by Crippen LogP contribution is -2.48. The maximum atomic E-state index is 13.2. The number of piperazine rings is 1. The number of benzene rings is 3. The Bertz CT molecular complexity index is 1430. The minimum atomic E-state index is -0.206. The molecule has 3 aromatic carbocycles. The molecule has 7 nitrogen and oxygen atoms in total. The van der Waals surface area contributed by atoms with Crippen molar-refractivity contribution in [2.75, 3.05) is 62.4 Å². The number of nitrogens with one attached hydrogen (secondary N) is 2. The summed E-state index contributed by atoms with van der Waals surface area (Å²) in [5.41, 5.74) is 5.01. The normalized spacial score (nSPS) is 17.0. The summed E-state index contributed by atoms with van der Waals surface area (Å²) in [6.07, 6.45) is 0. The Morgan fingerprint density at radius 2 is 1.69 bits per heavy atom. The Labute approximate surface area is 250 Å². The summed E-state index contributed by atoms with van der Waals surface area (Å²) in [7, 11) is 3.89. The first-order chi connectivity index (χ1) is 18.7. The summed E-state index contributed by atoms with van der Waals surface area (Å²) in [4.78, 5) is 32.4. The molecule has 2 aliphatic heterocycles. The van der Waals surface area contributed by atoms with Gasteiger partial charge in [0.1, 0.15) is 0 Å². The standard InChI is InChI=1S/C29H28Br2ClN5O2/c1-35-10-12-37(13-11-35)17-25(38)36(2)28-22(30)15-20(16-23(28)31)33-27(18-6-4-3-5-7-18)26-21-9-8-19(32)14-24(21)34-29(26)39/h3-9,14-16,33H,10-13,17H2,1-2H3,(H,34,39). The molecule has 202 valence electrons. The fraction of sp³-hybridized carbons (Fsp3) is 0.241. The molecule has 1 fully saturated rings. The molecule has 2 N–H and O–H groups in total. The van der Waals surface area contributed by atoms with Crippen LogP contribution in [0.4, 0.5) is 17.1 Å². The number of rotatable bonds is 6. The van der Waals surface area contributed by atoms with Crippen LogP contribution < -0.4 is 15.5 Å². The van der Waals surface area contributed by atoms with Crippen molar-refractivity contribution in [2.24, 2.45) is 0 Å². The molecule has 0 spiro atoms. The predicted octanol–water partition coefficient (Wildman–Crippen LogP) is 6.01. The quantitative estimate of drug-likeness (QED) is 0.314. The van der Waals surface area contributed by atoms with E-state index in [9.17, 15) is 9.59 Å². The van der Waals surface area contributed by atoms with E-state index in [1.807, 2.05) is 48.5 Å². The number of carbonyl (C=O) groups excluding carboxylic acids is 2. The summed E-state index contributed by atoms with van der Waals surface area (Å²) in [6, 6.07) is 18.9. The van der Waals surface area contributed by atoms with Crippen LogP contribution >= 0.6 is 43.5 Å². The Morgan fingerprint density at radius 1 is 1.03 bits per heavy atom. The van der Waals surface area contributed by atoms with Gasteiger partial charge < -0.3 is 20.4 Å². The van der Waals surface area contributed by atoms with Crippen molar-refractivity contribution >= 4 is 83.6 Å². The van der Waals surface area contributed by atoms with Crippen molar-refractivity contribution in [3.8, 4) is 0 Å². The summed E-state index contributed by atoms with van der Waals surface area (Å²) in [5.74, 6) is -0.186. The molecular weight excluding hydrogens is 646 g/mol. The molecule has 0 aliphatic carbocycles. The largest absolute Gasteiger partial charge is 0.354 e. The minimum absolute atomic E-state index is 0.0200. The zero-order valence-electron chi connectivity index (χ0n) is 21.6. The van der Waals surface area contributed by atoms with Crippen LogP contribution in [0.15, 0.2) is 69.6 Å². The first kappa shape index (κ1) is 27.9. The van der Waals surface area contributed by atoms with Crippen LogP contribution in [0.5, 0.6) is 0 Å². The van der Waals surface area contributed by atoms with Crippen molar-refractivity contribution < 1.29 is 9.59 Å². The van der Waals surface area contributed by atoms with Crippen LogP contribution in [-0.2, 0) is 9.59 Å². The van der Waals surface area contributed by atoms with Gasteiger partial charge in [0.05, 0.1) is 29.2 Å². The number of amides is 2. The number of nitrogens with zero attached hydrogens (tertiary/aromatic N) is 3. The molecule has 2 aliphatic rings. The van der Waals surface area contributed by atoms with Gasteiger partial charge in [-0.05, 0) is 68.7 Å². The number of anilines is 3. The van der Waals surface area contributed by atoms with Gasteiger partial charge >= 0.3 is 0 Å². The van der Waals surface area contributed by atoms with Crippen molar-refractivity contribution in [1.82, 2.24) is 9.80 Å². The molecule has 3 aromatic rings. The van der Waals surface area contributed by atoms with Gasteiger partial charge in [0.25, 0.3) is 5.91 Å². The maximum absolute atomic E-state index is 13.2. The van der Waals surface area contributed by atoms with Crippen molar-refractivity contribution in [3.05, 3.63) is 85.8 Å². The minimum Gasteiger partial charge on any atom is -0.354 e. The van der Waals surface area contributed by atoms with E-state index in [4.69, 9.17) is 11.6 Å². The fourth-order valence-electron chi connectivity index (χ4n) is 4.81. The summed E-state index contributed by atoms with van der Waals surface area (Å²) in [6.45, 7) is 4.04. The monoisotopic (exact) mass is 671 g/mol. The topological polar surface area (TPSA) is 67.9 Å². The second-order valence-corrected chi connectivity index (χ2v) is 11.9. The first-order valence-electron chi connectivity index (χ1n) is 12.6. The lowest BCUT2D eigenvalue weighted by molar-refractivity contribution is -0.119. The molecule has 2 heterocycles. The van der Waals surface area contributed by atoms with E-state index >= 15 is 0 Å². The van der Waals surface area contributed by atoms with Crippen LogP contribution in [0.2, 0.25) is 5.02 Å². The van der Waals surface area contributed by atoms with E-state index in [0.717, 1.165) is 57.6 Å². The Morgan fingerprint density at radius 3 is 2.36 bits per heavy atom. The third-order valence-corrected chi connectivity index (χ3v) is 8.43. The number of carbonyl (C=O) groups is 2. The second-order valence-electron chi connectivity index (χ2n) is 9.71. The van der Waals surface area contributed by atoms with Gasteiger partial charge in [0, 0.05) is 58.4 Å². The lowest BCUT2D eigenvalue weighted by Gasteiger charge is -2.33. The molecule has 0 saturated carbocycles. The molecule has 0 bridgehead atoms. The van der Waals surface area contributed by atoms with Crippen LogP contribution in [0.1, 0.15) is 11.1 Å². The molecule has 0 aromatic heterocycles. The smallest absolute Gasteiger partial charge is 0.258 e. The zero-order valence-corrected chi connectivity index (χ0v) is 25.5. The maximum Gasteiger partial charge on any atom is 0.258 e. The Balaban J connectivity index is 1.46. The van der Waals surface area contributed by atoms with Crippen LogP contribution in [0.3, 0.4) is 0 Å². The van der Waals surface area contributed by atoms with Crippen LogP contribution in [0.25, 0.3) is 11.3 Å². The SMILES string of the molecule is CN1CCN(CC(=O)N(C)c2c(Br)cc(NC(=C3C(=O)Nc4cc(Cl)ccc43)c3ccccc3)cc2Br)CC1. The van der Waals surface area contributed by atoms with Gasteiger partial charge in [-0.1, -0.05) is 48.0 Å². The third kappa shape index (κ3) is 6.07. The van der Waals surface area contributed by atoms with Crippen molar-refractivity contribution in [2.45, 2.75) is 0 Å². The fourth-order valence-corrected chi connectivity index (χ4v) is 6.70. The number of hydrogen-bond donors (Lipinski definition) is 2. The Kier molecular flexibility index (Phi) is 8.44. The van der Waals surface area contributed by atoms with E-state index < -0.39 is 0 Å². The highest BCUT2D eigenvalue weighted by Gasteiger charge is 2.29. The molecule has 0 radical (unpaired) electrons. The molecule has 0 atom stereocenters. The predicted molar refractivity (Wildman–Crippen MR) is 166 cm³/mol. The zero-order chi connectivity index (χ0) is 27.7. The second kappa shape index (κ2) is 11.8. The first-order valence-corrected chi connectivity index (χ1v) is 14.5. The summed E-state index contributed by atoms with van der Waals surface area (Å²) < 4.78 is 1.49. The number of halogens is 3. The van der Waals surface area contributed by atoms with Crippen LogP contribution in [-0.4, -0.2) is 68.4 Å². The third-order valence-electron chi connectivity index (χ3n) is 6.99. The Hall–Kier alpha value is -2.69. The molecule has 39 heavy (non-hydrogen) atoms. The molecule has 5 rings (SSSR count).